The number of aromatic nitrogens is 3. The molecule has 2 N–H and O–H groups in total. The molecule has 4 heterocycles. The van der Waals surface area contributed by atoms with E-state index in [4.69, 9.17) is 4.74 Å². The number of anilines is 2. The summed E-state index contributed by atoms with van der Waals surface area (Å²) in [6, 6.07) is 12.0. The molecule has 3 aromatic heterocycles. The Hall–Kier alpha value is -4.56. The number of benzene rings is 1. The van der Waals surface area contributed by atoms with Gasteiger partial charge >= 0.3 is 6.09 Å². The van der Waals surface area contributed by atoms with E-state index in [9.17, 15) is 22.8 Å². The van der Waals surface area contributed by atoms with E-state index >= 15 is 0 Å². The van der Waals surface area contributed by atoms with E-state index in [-0.39, 0.29) is 11.5 Å². The minimum Gasteiger partial charge on any atom is -0.444 e. The number of rotatable bonds is 7. The molecule has 1 aromatic carbocycles. The second-order valence-corrected chi connectivity index (χ2v) is 13.7. The van der Waals surface area contributed by atoms with Crippen molar-refractivity contribution in [2.24, 2.45) is 0 Å². The Labute approximate surface area is 252 Å². The van der Waals surface area contributed by atoms with Crippen LogP contribution in [0.1, 0.15) is 37.6 Å². The summed E-state index contributed by atoms with van der Waals surface area (Å²) in [5.74, 6) is -0.420. The molecule has 224 valence electrons. The molecule has 0 unspecified atom stereocenters. The molecule has 1 fully saturated rings. The molecule has 4 aromatic rings. The van der Waals surface area contributed by atoms with Gasteiger partial charge in [-0.15, -0.1) is 11.3 Å². The summed E-state index contributed by atoms with van der Waals surface area (Å²) in [5.41, 5.74) is 2.75. The summed E-state index contributed by atoms with van der Waals surface area (Å²) >= 11 is 1.26. The fourth-order valence-electron chi connectivity index (χ4n) is 4.38. The van der Waals surface area contributed by atoms with Crippen LogP contribution in [0.15, 0.2) is 66.4 Å². The van der Waals surface area contributed by atoms with Crippen molar-refractivity contribution in [1.29, 1.82) is 0 Å². The predicted molar refractivity (Wildman–Crippen MR) is 163 cm³/mol. The van der Waals surface area contributed by atoms with Crippen LogP contribution in [0.5, 0.6) is 0 Å². The van der Waals surface area contributed by atoms with Gasteiger partial charge < -0.3 is 15.0 Å². The average Bonchev–Trinajstić information content (AvgIpc) is 3.57. The molecule has 14 heteroatoms. The quantitative estimate of drug-likeness (QED) is 0.301. The van der Waals surface area contributed by atoms with Crippen molar-refractivity contribution in [2.75, 3.05) is 23.4 Å². The number of ether oxygens (including phenoxy) is 1. The van der Waals surface area contributed by atoms with Gasteiger partial charge in [0.05, 0.1) is 17.5 Å². The highest BCUT2D eigenvalue weighted by Gasteiger charge is 2.38. The molecule has 1 atom stereocenters. The van der Waals surface area contributed by atoms with Crippen LogP contribution in [0.3, 0.4) is 0 Å². The number of likely N-dealkylation sites (tertiary alicyclic amines) is 1. The molecule has 1 saturated heterocycles. The van der Waals surface area contributed by atoms with Crippen molar-refractivity contribution in [1.82, 2.24) is 18.8 Å². The van der Waals surface area contributed by atoms with Gasteiger partial charge in [0.25, 0.3) is 5.91 Å². The number of nitrogens with one attached hydrogen (secondary N) is 2. The first-order valence-corrected chi connectivity index (χ1v) is 16.0. The fraction of sp³-hybridized carbons (Fsp3) is 0.276. The van der Waals surface area contributed by atoms with E-state index < -0.39 is 33.7 Å². The summed E-state index contributed by atoms with van der Waals surface area (Å²) in [7, 11) is -3.51. The summed E-state index contributed by atoms with van der Waals surface area (Å²) in [6.07, 6.45) is 5.08. The van der Waals surface area contributed by atoms with Gasteiger partial charge in [-0.1, -0.05) is 18.2 Å². The second-order valence-electron chi connectivity index (χ2n) is 11.0. The van der Waals surface area contributed by atoms with Gasteiger partial charge in [0.15, 0.2) is 5.13 Å². The van der Waals surface area contributed by atoms with Crippen molar-refractivity contribution in [2.45, 2.75) is 38.8 Å². The van der Waals surface area contributed by atoms with Gasteiger partial charge in [-0.2, -0.15) is 0 Å². The van der Waals surface area contributed by atoms with Crippen molar-refractivity contribution in [3.05, 3.63) is 72.0 Å². The summed E-state index contributed by atoms with van der Waals surface area (Å²) < 4.78 is 29.7. The number of hydrogen-bond acceptors (Lipinski definition) is 9. The number of carbonyl (C=O) groups excluding carboxylic acids is 3. The molecule has 43 heavy (non-hydrogen) atoms. The first-order valence-electron chi connectivity index (χ1n) is 13.3. The van der Waals surface area contributed by atoms with Gasteiger partial charge in [0.2, 0.25) is 15.9 Å². The standard InChI is InChI=1S/C29H30N6O6S2/c1-29(2,3)41-28(38)32-24-15-19(8-11-30-24)18-6-5-7-20(14-18)22-17-42-27(31-22)33-25(36)23-10-13-35(23)26(37)21-9-12-34(16-21)43(4,39)40/h5-9,11-12,14-17,23H,10,13H2,1-4H3,(H,30,32,38)(H,31,33,36)/t23-/m0/s1. The van der Waals surface area contributed by atoms with E-state index in [1.165, 1.54) is 34.7 Å². The summed E-state index contributed by atoms with van der Waals surface area (Å²) in [4.78, 5) is 48.2. The monoisotopic (exact) mass is 622 g/mol. The van der Waals surface area contributed by atoms with Crippen LogP contribution in [-0.2, 0) is 19.6 Å². The van der Waals surface area contributed by atoms with Crippen molar-refractivity contribution in [3.63, 3.8) is 0 Å². The van der Waals surface area contributed by atoms with E-state index in [0.717, 1.165) is 26.9 Å². The summed E-state index contributed by atoms with van der Waals surface area (Å²) in [5, 5.41) is 7.67. The highest BCUT2D eigenvalue weighted by molar-refractivity contribution is 7.89. The van der Waals surface area contributed by atoms with Crippen molar-refractivity contribution < 1.29 is 27.5 Å². The molecule has 12 nitrogen and oxygen atoms in total. The molecule has 0 radical (unpaired) electrons. The number of pyridine rings is 1. The Morgan fingerprint density at radius 3 is 2.47 bits per heavy atom. The Morgan fingerprint density at radius 2 is 1.79 bits per heavy atom. The topological polar surface area (TPSA) is 153 Å². The van der Waals surface area contributed by atoms with Crippen molar-refractivity contribution in [3.8, 4) is 22.4 Å². The summed E-state index contributed by atoms with van der Waals surface area (Å²) in [6.45, 7) is 5.74. The van der Waals surface area contributed by atoms with Crippen LogP contribution < -0.4 is 10.6 Å². The highest BCUT2D eigenvalue weighted by Crippen LogP contribution is 2.30. The van der Waals surface area contributed by atoms with Crippen LogP contribution in [0.2, 0.25) is 0 Å². The molecule has 0 saturated carbocycles. The maximum Gasteiger partial charge on any atom is 0.413 e. The lowest BCUT2D eigenvalue weighted by Gasteiger charge is -2.39. The number of thiazole rings is 1. The third-order valence-corrected chi connectivity index (χ3v) is 8.25. The largest absolute Gasteiger partial charge is 0.444 e. The maximum absolute atomic E-state index is 13.0. The highest BCUT2D eigenvalue weighted by atomic mass is 32.2. The van der Waals surface area contributed by atoms with Crippen LogP contribution in [0, 0.1) is 0 Å². The third kappa shape index (κ3) is 7.09. The number of hydrogen-bond donors (Lipinski definition) is 2. The number of nitrogens with zero attached hydrogens (tertiary/aromatic N) is 4. The van der Waals surface area contributed by atoms with E-state index in [0.29, 0.717) is 29.6 Å². The average molecular weight is 623 g/mol. The second kappa shape index (κ2) is 11.6. The first-order chi connectivity index (χ1) is 20.3. The molecule has 0 spiro atoms. The van der Waals surface area contributed by atoms with Gasteiger partial charge in [-0.05, 0) is 62.6 Å². The van der Waals surface area contributed by atoms with Crippen LogP contribution in [0.4, 0.5) is 15.7 Å². The molecular weight excluding hydrogens is 592 g/mol. The third-order valence-electron chi connectivity index (χ3n) is 6.50. The van der Waals surface area contributed by atoms with Crippen LogP contribution in [-0.4, -0.2) is 69.6 Å². The maximum atomic E-state index is 13.0. The normalized spacial score (nSPS) is 15.0. The Bertz CT molecular complexity index is 1810. The van der Waals surface area contributed by atoms with E-state index in [2.05, 4.69) is 20.6 Å². The van der Waals surface area contributed by atoms with Gasteiger partial charge in [0.1, 0.15) is 17.5 Å². The molecule has 5 rings (SSSR count). The van der Waals surface area contributed by atoms with Gasteiger partial charge in [-0.25, -0.2) is 23.2 Å². The van der Waals surface area contributed by atoms with Crippen LogP contribution >= 0.6 is 11.3 Å². The lowest BCUT2D eigenvalue weighted by atomic mass is 10.0. The number of amides is 3. The zero-order chi connectivity index (χ0) is 30.9. The number of carbonyl (C=O) groups is 3. The SMILES string of the molecule is CC(C)(C)OC(=O)Nc1cc(-c2cccc(-c3csc(NC(=O)[C@@H]4CCN4C(=O)c4ccn(S(C)(=O)=O)c4)n3)c2)ccn1. The molecule has 0 aliphatic carbocycles. The molecule has 1 aliphatic rings. The lowest BCUT2D eigenvalue weighted by molar-refractivity contribution is -0.123. The van der Waals surface area contributed by atoms with E-state index in [1.54, 1.807) is 33.0 Å². The lowest BCUT2D eigenvalue weighted by Crippen LogP contribution is -2.56. The van der Waals surface area contributed by atoms with Gasteiger partial charge in [0, 0.05) is 36.1 Å². The first kappa shape index (κ1) is 29.9. The van der Waals surface area contributed by atoms with Gasteiger partial charge in [-0.3, -0.25) is 18.9 Å². The zero-order valence-corrected chi connectivity index (χ0v) is 25.5. The zero-order valence-electron chi connectivity index (χ0n) is 23.9. The van der Waals surface area contributed by atoms with Crippen molar-refractivity contribution >= 4 is 50.2 Å². The Morgan fingerprint density at radius 1 is 1.05 bits per heavy atom. The molecular formula is C29H30N6O6S2. The van der Waals surface area contributed by atoms with Crippen LogP contribution in [0.25, 0.3) is 22.4 Å². The minimum atomic E-state index is -3.51. The fourth-order valence-corrected chi connectivity index (χ4v) is 5.69. The van der Waals surface area contributed by atoms with E-state index in [1.807, 2.05) is 35.7 Å². The predicted octanol–water partition coefficient (Wildman–Crippen LogP) is 4.68. The Balaban J connectivity index is 1.24. The Kier molecular flexibility index (Phi) is 8.08. The smallest absolute Gasteiger partial charge is 0.413 e. The minimum absolute atomic E-state index is 0.196. The molecule has 0 bridgehead atoms. The molecule has 1 aliphatic heterocycles. The molecule has 3 amide bonds.